The Morgan fingerprint density at radius 3 is 2.83 bits per heavy atom. The zero-order valence-corrected chi connectivity index (χ0v) is 10.7. The van der Waals surface area contributed by atoms with Gasteiger partial charge in [-0.2, -0.15) is 0 Å². The molecule has 0 aliphatic heterocycles. The Balaban J connectivity index is 2.22. The molecule has 1 heterocycles. The van der Waals surface area contributed by atoms with Gasteiger partial charge in [0.15, 0.2) is 0 Å². The van der Waals surface area contributed by atoms with Gasteiger partial charge in [-0.15, -0.1) is 0 Å². The van der Waals surface area contributed by atoms with Crippen LogP contribution < -0.4 is 0 Å². The minimum absolute atomic E-state index is 0.338. The van der Waals surface area contributed by atoms with Crippen molar-refractivity contribution in [3.05, 3.63) is 64.2 Å². The van der Waals surface area contributed by atoms with Crippen LogP contribution in [-0.2, 0) is 6.42 Å². The summed E-state index contributed by atoms with van der Waals surface area (Å²) in [6.07, 6.45) is 2.70. The Kier molecular flexibility index (Phi) is 3.94. The standard InChI is InChI=1S/C14H13ClFNO/c1-9-4-11(6-12(16)5-9)14(18)7-10-2-3-17-8-13(10)15/h2-6,8,14,18H,7H2,1H3. The van der Waals surface area contributed by atoms with Crippen LogP contribution in [0.2, 0.25) is 5.02 Å². The van der Waals surface area contributed by atoms with Crippen molar-refractivity contribution in [2.75, 3.05) is 0 Å². The van der Waals surface area contributed by atoms with Gasteiger partial charge < -0.3 is 5.11 Å². The highest BCUT2D eigenvalue weighted by molar-refractivity contribution is 6.31. The smallest absolute Gasteiger partial charge is 0.123 e. The first-order chi connectivity index (χ1) is 8.56. The van der Waals surface area contributed by atoms with Gasteiger partial charge in [0.2, 0.25) is 0 Å². The normalized spacial score (nSPS) is 12.4. The molecule has 0 radical (unpaired) electrons. The zero-order chi connectivity index (χ0) is 13.1. The zero-order valence-electron chi connectivity index (χ0n) is 9.90. The van der Waals surface area contributed by atoms with Crippen LogP contribution in [0.15, 0.2) is 36.7 Å². The first-order valence-corrected chi connectivity index (χ1v) is 5.97. The van der Waals surface area contributed by atoms with Crippen molar-refractivity contribution in [2.24, 2.45) is 0 Å². The fourth-order valence-electron chi connectivity index (χ4n) is 1.85. The minimum Gasteiger partial charge on any atom is -0.388 e. The van der Waals surface area contributed by atoms with Crippen molar-refractivity contribution in [2.45, 2.75) is 19.4 Å². The van der Waals surface area contributed by atoms with Gasteiger partial charge in [0.25, 0.3) is 0 Å². The molecular weight excluding hydrogens is 253 g/mol. The lowest BCUT2D eigenvalue weighted by molar-refractivity contribution is 0.178. The molecule has 1 N–H and O–H groups in total. The molecule has 1 aromatic heterocycles. The van der Waals surface area contributed by atoms with Gasteiger partial charge in [-0.3, -0.25) is 4.98 Å². The van der Waals surface area contributed by atoms with Crippen LogP contribution >= 0.6 is 11.6 Å². The highest BCUT2D eigenvalue weighted by Gasteiger charge is 2.12. The van der Waals surface area contributed by atoms with Gasteiger partial charge in [0, 0.05) is 18.8 Å². The van der Waals surface area contributed by atoms with E-state index in [4.69, 9.17) is 11.6 Å². The number of nitrogens with zero attached hydrogens (tertiary/aromatic N) is 1. The average Bonchev–Trinajstić information content (AvgIpc) is 2.31. The fourth-order valence-corrected chi connectivity index (χ4v) is 2.05. The Morgan fingerprint density at radius 1 is 1.39 bits per heavy atom. The number of pyridine rings is 1. The van der Waals surface area contributed by atoms with Gasteiger partial charge in [0.05, 0.1) is 11.1 Å². The number of halogens is 2. The second-order valence-corrected chi connectivity index (χ2v) is 4.66. The summed E-state index contributed by atoms with van der Waals surface area (Å²) >= 11 is 5.97. The van der Waals surface area contributed by atoms with E-state index in [1.54, 1.807) is 25.3 Å². The van der Waals surface area contributed by atoms with Gasteiger partial charge in [-0.1, -0.05) is 17.7 Å². The van der Waals surface area contributed by atoms with E-state index in [1.807, 2.05) is 0 Å². The van der Waals surface area contributed by atoms with Crippen LogP contribution in [0.4, 0.5) is 4.39 Å². The molecule has 1 aromatic carbocycles. The van der Waals surface area contributed by atoms with Crippen molar-refractivity contribution >= 4 is 11.6 Å². The Morgan fingerprint density at radius 2 is 2.17 bits per heavy atom. The topological polar surface area (TPSA) is 33.1 Å². The minimum atomic E-state index is -0.778. The molecule has 0 aliphatic carbocycles. The number of hydrogen-bond acceptors (Lipinski definition) is 2. The number of aryl methyl sites for hydroxylation is 1. The van der Waals surface area contributed by atoms with Crippen molar-refractivity contribution in [3.63, 3.8) is 0 Å². The molecule has 1 unspecified atom stereocenters. The van der Waals surface area contributed by atoms with Crippen molar-refractivity contribution in [3.8, 4) is 0 Å². The number of aliphatic hydroxyl groups is 1. The molecule has 0 saturated carbocycles. The van der Waals surface area contributed by atoms with E-state index in [0.29, 0.717) is 17.0 Å². The summed E-state index contributed by atoms with van der Waals surface area (Å²) in [5.41, 5.74) is 2.13. The highest BCUT2D eigenvalue weighted by Crippen LogP contribution is 2.23. The van der Waals surface area contributed by atoms with E-state index in [-0.39, 0.29) is 5.82 Å². The predicted molar refractivity (Wildman–Crippen MR) is 69.0 cm³/mol. The van der Waals surface area contributed by atoms with Crippen LogP contribution in [0.25, 0.3) is 0 Å². The molecule has 0 saturated heterocycles. The van der Waals surface area contributed by atoms with Crippen LogP contribution in [0.1, 0.15) is 22.8 Å². The van der Waals surface area contributed by atoms with Gasteiger partial charge in [-0.25, -0.2) is 4.39 Å². The van der Waals surface area contributed by atoms with E-state index in [1.165, 1.54) is 18.3 Å². The largest absolute Gasteiger partial charge is 0.388 e. The summed E-state index contributed by atoms with van der Waals surface area (Å²) in [6, 6.07) is 6.28. The second kappa shape index (κ2) is 5.46. The predicted octanol–water partition coefficient (Wildman–Crippen LogP) is 3.46. The molecule has 0 fully saturated rings. The first kappa shape index (κ1) is 13.0. The van der Waals surface area contributed by atoms with Crippen LogP contribution in [0.3, 0.4) is 0 Å². The molecule has 2 aromatic rings. The number of hydrogen-bond donors (Lipinski definition) is 1. The lowest BCUT2D eigenvalue weighted by atomic mass is 10.0. The van der Waals surface area contributed by atoms with Crippen molar-refractivity contribution in [1.82, 2.24) is 4.98 Å². The average molecular weight is 266 g/mol. The lowest BCUT2D eigenvalue weighted by Crippen LogP contribution is -2.03. The molecule has 94 valence electrons. The number of aromatic nitrogens is 1. The number of aliphatic hydroxyl groups excluding tert-OH is 1. The van der Waals surface area contributed by atoms with Crippen LogP contribution in [0.5, 0.6) is 0 Å². The van der Waals surface area contributed by atoms with E-state index in [2.05, 4.69) is 4.98 Å². The van der Waals surface area contributed by atoms with Gasteiger partial charge in [-0.05, 0) is 41.8 Å². The number of rotatable bonds is 3. The summed E-state index contributed by atoms with van der Waals surface area (Å²) in [4.78, 5) is 3.88. The summed E-state index contributed by atoms with van der Waals surface area (Å²) in [6.45, 7) is 1.79. The molecule has 0 aliphatic rings. The van der Waals surface area contributed by atoms with Crippen molar-refractivity contribution < 1.29 is 9.50 Å². The molecule has 0 amide bonds. The van der Waals surface area contributed by atoms with Gasteiger partial charge >= 0.3 is 0 Å². The summed E-state index contributed by atoms with van der Waals surface area (Å²) in [5, 5.41) is 10.6. The Bertz CT molecular complexity index is 539. The summed E-state index contributed by atoms with van der Waals surface area (Å²) < 4.78 is 13.3. The first-order valence-electron chi connectivity index (χ1n) is 5.60. The molecule has 0 spiro atoms. The third kappa shape index (κ3) is 3.06. The third-order valence-corrected chi connectivity index (χ3v) is 3.06. The maximum Gasteiger partial charge on any atom is 0.123 e. The second-order valence-electron chi connectivity index (χ2n) is 4.25. The van der Waals surface area contributed by atoms with E-state index >= 15 is 0 Å². The molecule has 1 atom stereocenters. The fraction of sp³-hybridized carbons (Fsp3) is 0.214. The van der Waals surface area contributed by atoms with E-state index < -0.39 is 6.10 Å². The Hall–Kier alpha value is -1.45. The van der Waals surface area contributed by atoms with Crippen LogP contribution in [0, 0.1) is 12.7 Å². The molecule has 18 heavy (non-hydrogen) atoms. The summed E-state index contributed by atoms with van der Waals surface area (Å²) in [5.74, 6) is -0.343. The quantitative estimate of drug-likeness (QED) is 0.922. The maximum absolute atomic E-state index is 13.3. The lowest BCUT2D eigenvalue weighted by Gasteiger charge is -2.13. The van der Waals surface area contributed by atoms with E-state index in [0.717, 1.165) is 11.1 Å². The summed E-state index contributed by atoms with van der Waals surface area (Å²) in [7, 11) is 0. The SMILES string of the molecule is Cc1cc(F)cc(C(O)Cc2ccncc2Cl)c1. The highest BCUT2D eigenvalue weighted by atomic mass is 35.5. The molecule has 2 rings (SSSR count). The monoisotopic (exact) mass is 265 g/mol. The molecule has 0 bridgehead atoms. The molecule has 4 heteroatoms. The molecule has 2 nitrogen and oxygen atoms in total. The number of benzene rings is 1. The maximum atomic E-state index is 13.3. The van der Waals surface area contributed by atoms with Crippen molar-refractivity contribution in [1.29, 1.82) is 0 Å². The molecular formula is C14H13ClFNO. The Labute approximate surface area is 110 Å². The van der Waals surface area contributed by atoms with Gasteiger partial charge in [0.1, 0.15) is 5.82 Å². The third-order valence-electron chi connectivity index (χ3n) is 2.72. The van der Waals surface area contributed by atoms with E-state index in [9.17, 15) is 9.50 Å². The van der Waals surface area contributed by atoms with Crippen LogP contribution in [-0.4, -0.2) is 10.1 Å².